The Kier molecular flexibility index (Phi) is 4.16. The molecule has 0 bridgehead atoms. The fraction of sp³-hybridized carbons (Fsp3) is 0.375. The fourth-order valence-electron chi connectivity index (χ4n) is 2.04. The monoisotopic (exact) mass is 291 g/mol. The zero-order chi connectivity index (χ0) is 14.8. The van der Waals surface area contributed by atoms with Crippen molar-refractivity contribution in [2.45, 2.75) is 31.2 Å². The molecule has 2 rings (SSSR count). The Morgan fingerprint density at radius 2 is 1.65 bits per heavy atom. The lowest BCUT2D eigenvalue weighted by Crippen LogP contribution is -2.38. The van der Waals surface area contributed by atoms with Crippen LogP contribution in [0.4, 0.5) is 0 Å². The smallest absolute Gasteiger partial charge is 0.179 e. The standard InChI is InChI=1S/C16H21NO2S/c1-16(2,3)17-10-11-20(18,19)15-9-8-13-6-4-5-7-14(13)12-15/h4-9,12,17H,10-11H2,1-3H3. The Hall–Kier alpha value is -1.39. The normalized spacial score (nSPS) is 12.8. The molecule has 3 nitrogen and oxygen atoms in total. The summed E-state index contributed by atoms with van der Waals surface area (Å²) in [5.41, 5.74) is -0.0705. The van der Waals surface area contributed by atoms with Crippen molar-refractivity contribution >= 4 is 20.6 Å². The topological polar surface area (TPSA) is 46.2 Å². The van der Waals surface area contributed by atoms with Gasteiger partial charge in [-0.25, -0.2) is 8.42 Å². The molecule has 0 saturated carbocycles. The summed E-state index contributed by atoms with van der Waals surface area (Å²) < 4.78 is 24.6. The first-order valence-corrected chi connectivity index (χ1v) is 8.40. The van der Waals surface area contributed by atoms with Gasteiger partial charge in [-0.2, -0.15) is 0 Å². The molecular weight excluding hydrogens is 270 g/mol. The molecule has 0 radical (unpaired) electrons. The maximum absolute atomic E-state index is 12.3. The van der Waals surface area contributed by atoms with E-state index in [0.29, 0.717) is 11.4 Å². The summed E-state index contributed by atoms with van der Waals surface area (Å²) in [6, 6.07) is 13.1. The lowest BCUT2D eigenvalue weighted by molar-refractivity contribution is 0.439. The van der Waals surface area contributed by atoms with Crippen molar-refractivity contribution < 1.29 is 8.42 Å². The van der Waals surface area contributed by atoms with Gasteiger partial charge in [0.05, 0.1) is 10.6 Å². The maximum Gasteiger partial charge on any atom is 0.179 e. The van der Waals surface area contributed by atoms with Gasteiger partial charge in [0.1, 0.15) is 0 Å². The van der Waals surface area contributed by atoms with Gasteiger partial charge in [0.15, 0.2) is 9.84 Å². The molecule has 0 saturated heterocycles. The third-order valence-electron chi connectivity index (χ3n) is 3.11. The Bertz CT molecular complexity index is 700. The predicted octanol–water partition coefficient (Wildman–Crippen LogP) is 3.00. The second-order valence-electron chi connectivity index (χ2n) is 6.00. The van der Waals surface area contributed by atoms with Crippen molar-refractivity contribution in [1.29, 1.82) is 0 Å². The van der Waals surface area contributed by atoms with E-state index in [1.807, 2.05) is 51.1 Å². The average molecular weight is 291 g/mol. The third-order valence-corrected chi connectivity index (χ3v) is 4.82. The summed E-state index contributed by atoms with van der Waals surface area (Å²) in [7, 11) is -3.24. The molecule has 0 unspecified atom stereocenters. The highest BCUT2D eigenvalue weighted by molar-refractivity contribution is 7.91. The van der Waals surface area contributed by atoms with Crippen LogP contribution in [0.2, 0.25) is 0 Å². The fourth-order valence-corrected chi connectivity index (χ4v) is 3.23. The first kappa shape index (κ1) is 15.0. The van der Waals surface area contributed by atoms with Crippen LogP contribution in [0.5, 0.6) is 0 Å². The van der Waals surface area contributed by atoms with Crippen molar-refractivity contribution in [3.63, 3.8) is 0 Å². The molecule has 0 aliphatic rings. The minimum absolute atomic E-state index is 0.0705. The first-order valence-electron chi connectivity index (χ1n) is 6.75. The van der Waals surface area contributed by atoms with Crippen molar-refractivity contribution in [2.75, 3.05) is 12.3 Å². The van der Waals surface area contributed by atoms with Gasteiger partial charge in [0.25, 0.3) is 0 Å². The van der Waals surface area contributed by atoms with E-state index in [2.05, 4.69) is 5.32 Å². The molecule has 0 heterocycles. The Morgan fingerprint density at radius 1 is 1.00 bits per heavy atom. The van der Waals surface area contributed by atoms with Gasteiger partial charge >= 0.3 is 0 Å². The highest BCUT2D eigenvalue weighted by Crippen LogP contribution is 2.19. The van der Waals surface area contributed by atoms with E-state index in [0.717, 1.165) is 10.8 Å². The van der Waals surface area contributed by atoms with E-state index in [-0.39, 0.29) is 11.3 Å². The molecule has 0 atom stereocenters. The van der Waals surface area contributed by atoms with Crippen LogP contribution >= 0.6 is 0 Å². The van der Waals surface area contributed by atoms with Crippen LogP contribution in [-0.2, 0) is 9.84 Å². The third kappa shape index (κ3) is 3.81. The largest absolute Gasteiger partial charge is 0.311 e. The molecule has 2 aromatic rings. The second kappa shape index (κ2) is 5.54. The minimum Gasteiger partial charge on any atom is -0.311 e. The minimum atomic E-state index is -3.24. The number of nitrogens with one attached hydrogen (secondary N) is 1. The molecule has 108 valence electrons. The molecule has 0 amide bonds. The summed E-state index contributed by atoms with van der Waals surface area (Å²) in [6.07, 6.45) is 0. The van der Waals surface area contributed by atoms with Crippen LogP contribution in [0.25, 0.3) is 10.8 Å². The molecule has 0 aliphatic carbocycles. The Morgan fingerprint density at radius 3 is 2.30 bits per heavy atom. The molecular formula is C16H21NO2S. The van der Waals surface area contributed by atoms with Gasteiger partial charge in [0.2, 0.25) is 0 Å². The predicted molar refractivity (Wildman–Crippen MR) is 83.8 cm³/mol. The van der Waals surface area contributed by atoms with Crippen molar-refractivity contribution in [1.82, 2.24) is 5.32 Å². The van der Waals surface area contributed by atoms with Gasteiger partial charge < -0.3 is 5.32 Å². The summed E-state index contributed by atoms with van der Waals surface area (Å²) in [4.78, 5) is 0.395. The lowest BCUT2D eigenvalue weighted by atomic mass is 10.1. The van der Waals surface area contributed by atoms with Crippen LogP contribution < -0.4 is 5.32 Å². The summed E-state index contributed by atoms with van der Waals surface area (Å²) >= 11 is 0. The quantitative estimate of drug-likeness (QED) is 0.942. The van der Waals surface area contributed by atoms with E-state index in [1.165, 1.54) is 0 Å². The Labute approximate surface area is 120 Å². The van der Waals surface area contributed by atoms with Crippen LogP contribution in [0.1, 0.15) is 20.8 Å². The summed E-state index contributed by atoms with van der Waals surface area (Å²) in [5, 5.41) is 5.22. The zero-order valence-electron chi connectivity index (χ0n) is 12.2. The molecule has 4 heteroatoms. The van der Waals surface area contributed by atoms with E-state index < -0.39 is 9.84 Å². The Balaban J connectivity index is 2.19. The average Bonchev–Trinajstić information content (AvgIpc) is 2.36. The number of hydrogen-bond acceptors (Lipinski definition) is 3. The highest BCUT2D eigenvalue weighted by Gasteiger charge is 2.16. The molecule has 0 aliphatic heterocycles. The molecule has 20 heavy (non-hydrogen) atoms. The number of hydrogen-bond donors (Lipinski definition) is 1. The highest BCUT2D eigenvalue weighted by atomic mass is 32.2. The second-order valence-corrected chi connectivity index (χ2v) is 8.11. The van der Waals surface area contributed by atoms with Gasteiger partial charge in [-0.05, 0) is 43.7 Å². The van der Waals surface area contributed by atoms with Crippen molar-refractivity contribution in [3.05, 3.63) is 42.5 Å². The number of sulfone groups is 1. The van der Waals surface area contributed by atoms with Crippen molar-refractivity contribution in [3.8, 4) is 0 Å². The van der Waals surface area contributed by atoms with Crippen LogP contribution in [-0.4, -0.2) is 26.3 Å². The van der Waals surface area contributed by atoms with E-state index >= 15 is 0 Å². The molecule has 1 N–H and O–H groups in total. The van der Waals surface area contributed by atoms with Gasteiger partial charge in [-0.3, -0.25) is 0 Å². The van der Waals surface area contributed by atoms with E-state index in [1.54, 1.807) is 12.1 Å². The van der Waals surface area contributed by atoms with Crippen LogP contribution in [0.15, 0.2) is 47.4 Å². The number of fused-ring (bicyclic) bond motifs is 1. The van der Waals surface area contributed by atoms with Gasteiger partial charge in [-0.1, -0.05) is 30.3 Å². The molecule has 0 fully saturated rings. The van der Waals surface area contributed by atoms with E-state index in [9.17, 15) is 8.42 Å². The summed E-state index contributed by atoms with van der Waals surface area (Å²) in [6.45, 7) is 6.53. The number of rotatable bonds is 4. The molecule has 0 spiro atoms. The molecule has 2 aromatic carbocycles. The summed E-state index contributed by atoms with van der Waals surface area (Å²) in [5.74, 6) is 0.114. The lowest BCUT2D eigenvalue weighted by Gasteiger charge is -2.20. The maximum atomic E-state index is 12.3. The van der Waals surface area contributed by atoms with Crippen LogP contribution in [0, 0.1) is 0 Å². The van der Waals surface area contributed by atoms with Crippen molar-refractivity contribution in [2.24, 2.45) is 0 Å². The van der Waals surface area contributed by atoms with Crippen LogP contribution in [0.3, 0.4) is 0 Å². The van der Waals surface area contributed by atoms with E-state index in [4.69, 9.17) is 0 Å². The SMILES string of the molecule is CC(C)(C)NCCS(=O)(=O)c1ccc2ccccc2c1. The number of benzene rings is 2. The zero-order valence-corrected chi connectivity index (χ0v) is 13.0. The molecule has 0 aromatic heterocycles. The first-order chi connectivity index (χ1) is 9.28. The van der Waals surface area contributed by atoms with Gasteiger partial charge in [0, 0.05) is 12.1 Å². The van der Waals surface area contributed by atoms with Gasteiger partial charge in [-0.15, -0.1) is 0 Å².